The van der Waals surface area contributed by atoms with Gasteiger partial charge in [-0.05, 0) is 59.9 Å². The second-order valence-corrected chi connectivity index (χ2v) is 8.97. The number of hydrogen-bond acceptors (Lipinski definition) is 5. The number of H-pyrrole nitrogens is 1. The van der Waals surface area contributed by atoms with E-state index in [4.69, 9.17) is 5.73 Å². The van der Waals surface area contributed by atoms with Gasteiger partial charge >= 0.3 is 0 Å². The minimum atomic E-state index is -0.503. The van der Waals surface area contributed by atoms with Crippen LogP contribution in [0.3, 0.4) is 0 Å². The van der Waals surface area contributed by atoms with Crippen molar-refractivity contribution in [3.8, 4) is 0 Å². The van der Waals surface area contributed by atoms with Gasteiger partial charge < -0.3 is 15.5 Å². The number of piperidine rings is 1. The normalized spacial score (nSPS) is 21.3. The van der Waals surface area contributed by atoms with Crippen LogP contribution in [0.15, 0.2) is 22.8 Å². The third kappa shape index (κ3) is 4.25. The molecular formula is C20H29BrN6O. The molecule has 1 aromatic carbocycles. The molecule has 2 aliphatic rings. The zero-order chi connectivity index (χ0) is 19.7. The van der Waals surface area contributed by atoms with Gasteiger partial charge in [0, 0.05) is 55.2 Å². The van der Waals surface area contributed by atoms with E-state index in [1.54, 1.807) is 6.20 Å². The molecule has 7 nitrogen and oxygen atoms in total. The molecule has 1 amide bonds. The number of rotatable bonds is 4. The molecule has 0 spiro atoms. The van der Waals surface area contributed by atoms with E-state index >= 15 is 0 Å². The Hall–Kier alpha value is -1.48. The first-order valence-electron chi connectivity index (χ1n) is 10.1. The summed E-state index contributed by atoms with van der Waals surface area (Å²) in [5.41, 5.74) is 8.31. The van der Waals surface area contributed by atoms with Gasteiger partial charge in [0.2, 0.25) is 5.91 Å². The predicted molar refractivity (Wildman–Crippen MR) is 114 cm³/mol. The van der Waals surface area contributed by atoms with Gasteiger partial charge in [-0.3, -0.25) is 14.8 Å². The zero-order valence-corrected chi connectivity index (χ0v) is 18.0. The lowest BCUT2D eigenvalue weighted by Crippen LogP contribution is -2.54. The summed E-state index contributed by atoms with van der Waals surface area (Å²) in [4.78, 5) is 19.8. The molecule has 8 heteroatoms. The number of benzene rings is 1. The molecule has 1 atom stereocenters. The quantitative estimate of drug-likeness (QED) is 0.739. The van der Waals surface area contributed by atoms with Crippen LogP contribution in [-0.4, -0.2) is 89.2 Å². The number of piperazine rings is 1. The SMILES string of the molecule is CN1CCN(C2CCN(C(=O)C(N)Cc3cc(Br)c4[nH]ncc4c3)CC2)CC1. The van der Waals surface area contributed by atoms with Crippen LogP contribution >= 0.6 is 15.9 Å². The molecule has 1 aromatic heterocycles. The summed E-state index contributed by atoms with van der Waals surface area (Å²) in [7, 11) is 2.18. The van der Waals surface area contributed by atoms with Gasteiger partial charge in [0.1, 0.15) is 0 Å². The van der Waals surface area contributed by atoms with Gasteiger partial charge in [0.25, 0.3) is 0 Å². The first kappa shape index (κ1) is 19.8. The van der Waals surface area contributed by atoms with E-state index < -0.39 is 6.04 Å². The van der Waals surface area contributed by atoms with Crippen molar-refractivity contribution in [3.63, 3.8) is 0 Å². The highest BCUT2D eigenvalue weighted by Gasteiger charge is 2.30. The molecule has 0 saturated carbocycles. The highest BCUT2D eigenvalue weighted by molar-refractivity contribution is 9.10. The largest absolute Gasteiger partial charge is 0.341 e. The summed E-state index contributed by atoms with van der Waals surface area (Å²) in [6.45, 7) is 6.18. The summed E-state index contributed by atoms with van der Waals surface area (Å²) in [6.07, 6.45) is 4.43. The Labute approximate surface area is 174 Å². The van der Waals surface area contributed by atoms with Crippen LogP contribution in [0.25, 0.3) is 10.9 Å². The Morgan fingerprint density at radius 1 is 1.25 bits per heavy atom. The molecule has 2 aromatic rings. The van der Waals surface area contributed by atoms with Crippen LogP contribution < -0.4 is 5.73 Å². The van der Waals surface area contributed by atoms with E-state index in [0.717, 1.165) is 73.0 Å². The fourth-order valence-corrected chi connectivity index (χ4v) is 5.02. The Kier molecular flexibility index (Phi) is 6.01. The molecule has 4 rings (SSSR count). The van der Waals surface area contributed by atoms with Gasteiger partial charge in [0.15, 0.2) is 0 Å². The van der Waals surface area contributed by atoms with Gasteiger partial charge in [-0.15, -0.1) is 0 Å². The fraction of sp³-hybridized carbons (Fsp3) is 0.600. The summed E-state index contributed by atoms with van der Waals surface area (Å²) in [5, 5.41) is 8.06. The minimum absolute atomic E-state index is 0.0697. The van der Waals surface area contributed by atoms with Gasteiger partial charge in [-0.25, -0.2) is 0 Å². The van der Waals surface area contributed by atoms with E-state index in [1.807, 2.05) is 11.0 Å². The van der Waals surface area contributed by atoms with Gasteiger partial charge in [-0.2, -0.15) is 5.10 Å². The lowest BCUT2D eigenvalue weighted by atomic mass is 9.99. The number of nitrogens with two attached hydrogens (primary N) is 1. The molecule has 3 heterocycles. The number of nitrogens with one attached hydrogen (secondary N) is 1. The third-order valence-electron chi connectivity index (χ3n) is 6.16. The number of likely N-dealkylation sites (tertiary alicyclic amines) is 1. The van der Waals surface area contributed by atoms with Gasteiger partial charge in [0.05, 0.1) is 17.8 Å². The first-order chi connectivity index (χ1) is 13.5. The van der Waals surface area contributed by atoms with Crippen LogP contribution in [0.2, 0.25) is 0 Å². The number of hydrogen-bond donors (Lipinski definition) is 2. The number of carbonyl (C=O) groups is 1. The molecule has 2 fully saturated rings. The van der Waals surface area contributed by atoms with E-state index in [1.165, 1.54) is 0 Å². The smallest absolute Gasteiger partial charge is 0.239 e. The van der Waals surface area contributed by atoms with Crippen molar-refractivity contribution in [2.24, 2.45) is 5.73 Å². The number of aromatic amines is 1. The molecule has 28 heavy (non-hydrogen) atoms. The number of nitrogens with zero attached hydrogens (tertiary/aromatic N) is 4. The Bertz CT molecular complexity index is 823. The maximum absolute atomic E-state index is 12.9. The van der Waals surface area contributed by atoms with E-state index in [2.05, 4.69) is 49.0 Å². The van der Waals surface area contributed by atoms with Gasteiger partial charge in [-0.1, -0.05) is 0 Å². The van der Waals surface area contributed by atoms with E-state index in [0.29, 0.717) is 12.5 Å². The molecule has 2 aliphatic heterocycles. The molecule has 0 radical (unpaired) electrons. The lowest BCUT2D eigenvalue weighted by Gasteiger charge is -2.42. The third-order valence-corrected chi connectivity index (χ3v) is 6.79. The summed E-state index contributed by atoms with van der Waals surface area (Å²) < 4.78 is 0.949. The number of carbonyl (C=O) groups excluding carboxylic acids is 1. The Balaban J connectivity index is 1.31. The van der Waals surface area contributed by atoms with Crippen molar-refractivity contribution in [1.29, 1.82) is 0 Å². The average molecular weight is 449 g/mol. The number of fused-ring (bicyclic) bond motifs is 1. The Morgan fingerprint density at radius 2 is 1.96 bits per heavy atom. The lowest BCUT2D eigenvalue weighted by molar-refractivity contribution is -0.134. The van der Waals surface area contributed by atoms with E-state index in [9.17, 15) is 4.79 Å². The maximum atomic E-state index is 12.9. The van der Waals surface area contributed by atoms with Crippen molar-refractivity contribution in [2.75, 3.05) is 46.3 Å². The van der Waals surface area contributed by atoms with Crippen LogP contribution in [0.4, 0.5) is 0 Å². The Morgan fingerprint density at radius 3 is 2.68 bits per heavy atom. The number of halogens is 1. The fourth-order valence-electron chi connectivity index (χ4n) is 4.40. The van der Waals surface area contributed by atoms with Crippen LogP contribution in [0.5, 0.6) is 0 Å². The van der Waals surface area contributed by atoms with Crippen molar-refractivity contribution in [2.45, 2.75) is 31.3 Å². The first-order valence-corrected chi connectivity index (χ1v) is 10.9. The van der Waals surface area contributed by atoms with Crippen LogP contribution in [0, 0.1) is 0 Å². The molecule has 152 valence electrons. The maximum Gasteiger partial charge on any atom is 0.239 e. The summed E-state index contributed by atoms with van der Waals surface area (Å²) in [6, 6.07) is 4.17. The molecule has 1 unspecified atom stereocenters. The zero-order valence-electron chi connectivity index (χ0n) is 16.4. The standard InChI is InChI=1S/C20H29BrN6O/c1-25-6-8-26(9-7-25)16-2-4-27(5-3-16)20(28)18(22)12-14-10-15-13-23-24-19(15)17(21)11-14/h10-11,13,16,18H,2-9,12,22H2,1H3,(H,23,24). The number of likely N-dealkylation sites (N-methyl/N-ethyl adjacent to an activating group) is 1. The number of amides is 1. The highest BCUT2D eigenvalue weighted by Crippen LogP contribution is 2.25. The molecular weight excluding hydrogens is 420 g/mol. The second-order valence-electron chi connectivity index (χ2n) is 8.12. The molecule has 0 bridgehead atoms. The molecule has 2 saturated heterocycles. The van der Waals surface area contributed by atoms with Crippen molar-refractivity contribution in [3.05, 3.63) is 28.4 Å². The van der Waals surface area contributed by atoms with E-state index in [-0.39, 0.29) is 5.91 Å². The summed E-state index contributed by atoms with van der Waals surface area (Å²) in [5.74, 6) is 0.0697. The van der Waals surface area contributed by atoms with Crippen molar-refractivity contribution in [1.82, 2.24) is 24.9 Å². The predicted octanol–water partition coefficient (Wildman–Crippen LogP) is 1.43. The highest BCUT2D eigenvalue weighted by atomic mass is 79.9. The topological polar surface area (TPSA) is 81.5 Å². The monoisotopic (exact) mass is 448 g/mol. The molecule has 3 N–H and O–H groups in total. The van der Waals surface area contributed by atoms with Crippen molar-refractivity contribution < 1.29 is 4.79 Å². The minimum Gasteiger partial charge on any atom is -0.341 e. The van der Waals surface area contributed by atoms with Crippen LogP contribution in [0.1, 0.15) is 18.4 Å². The van der Waals surface area contributed by atoms with Crippen molar-refractivity contribution >= 4 is 32.7 Å². The average Bonchev–Trinajstić information content (AvgIpc) is 3.17. The second kappa shape index (κ2) is 8.49. The summed E-state index contributed by atoms with van der Waals surface area (Å²) >= 11 is 3.56. The molecule has 0 aliphatic carbocycles. The van der Waals surface area contributed by atoms with Crippen LogP contribution in [-0.2, 0) is 11.2 Å². The number of aromatic nitrogens is 2.